The predicted octanol–water partition coefficient (Wildman–Crippen LogP) is 2.19. The van der Waals surface area contributed by atoms with Gasteiger partial charge in [0.2, 0.25) is 11.8 Å². The van der Waals surface area contributed by atoms with E-state index in [-0.39, 0.29) is 30.9 Å². The summed E-state index contributed by atoms with van der Waals surface area (Å²) in [5.74, 6) is -0.906. The first-order valence-electron chi connectivity index (χ1n) is 9.23. The van der Waals surface area contributed by atoms with Gasteiger partial charge in [-0.25, -0.2) is 4.39 Å². The van der Waals surface area contributed by atoms with Crippen LogP contribution in [0.3, 0.4) is 0 Å². The Morgan fingerprint density at radius 2 is 1.69 bits per heavy atom. The molecular formula is C21H22FN3O4. The van der Waals surface area contributed by atoms with Crippen molar-refractivity contribution in [3.8, 4) is 5.75 Å². The quantitative estimate of drug-likeness (QED) is 0.712. The second kappa shape index (κ2) is 9.18. The predicted molar refractivity (Wildman–Crippen MR) is 105 cm³/mol. The second-order valence-corrected chi connectivity index (χ2v) is 6.72. The number of methoxy groups -OCH3 is 1. The molecule has 2 aromatic rings. The number of hydrogen-bond donors (Lipinski definition) is 2. The smallest absolute Gasteiger partial charge is 0.254 e. The van der Waals surface area contributed by atoms with Gasteiger partial charge in [0.25, 0.3) is 5.91 Å². The molecule has 1 aliphatic carbocycles. The first-order valence-corrected chi connectivity index (χ1v) is 9.23. The third-order valence-corrected chi connectivity index (χ3v) is 4.47. The van der Waals surface area contributed by atoms with Crippen molar-refractivity contribution >= 4 is 23.4 Å². The van der Waals surface area contributed by atoms with E-state index in [1.165, 1.54) is 29.2 Å². The number of hydrogen-bond acceptors (Lipinski definition) is 4. The third-order valence-electron chi connectivity index (χ3n) is 4.47. The average Bonchev–Trinajstić information content (AvgIpc) is 3.56. The molecule has 0 unspecified atom stereocenters. The lowest BCUT2D eigenvalue weighted by atomic mass is 10.2. The summed E-state index contributed by atoms with van der Waals surface area (Å²) < 4.78 is 18.1. The molecule has 152 valence electrons. The number of anilines is 1. The van der Waals surface area contributed by atoms with Crippen molar-refractivity contribution in [1.82, 2.24) is 10.2 Å². The van der Waals surface area contributed by atoms with Gasteiger partial charge in [-0.1, -0.05) is 0 Å². The molecule has 0 spiro atoms. The molecule has 0 aromatic heterocycles. The highest BCUT2D eigenvalue weighted by Crippen LogP contribution is 2.28. The van der Waals surface area contributed by atoms with E-state index in [2.05, 4.69) is 10.6 Å². The number of ether oxygens (including phenoxy) is 1. The fraction of sp³-hybridized carbons (Fsp3) is 0.286. The van der Waals surface area contributed by atoms with Gasteiger partial charge in [-0.2, -0.15) is 0 Å². The van der Waals surface area contributed by atoms with E-state index < -0.39 is 11.7 Å². The van der Waals surface area contributed by atoms with Gasteiger partial charge >= 0.3 is 0 Å². The number of benzene rings is 2. The van der Waals surface area contributed by atoms with Crippen molar-refractivity contribution in [3.05, 3.63) is 59.9 Å². The zero-order valence-electron chi connectivity index (χ0n) is 16.0. The van der Waals surface area contributed by atoms with Crippen molar-refractivity contribution in [1.29, 1.82) is 0 Å². The molecule has 3 amide bonds. The SMILES string of the molecule is COc1ccc(NC(=O)CNC(=O)CN(C(=O)c2ccc(F)cc2)C2CC2)cc1. The van der Waals surface area contributed by atoms with E-state index in [1.807, 2.05) is 0 Å². The molecule has 2 aromatic carbocycles. The molecule has 7 nitrogen and oxygen atoms in total. The van der Waals surface area contributed by atoms with E-state index in [9.17, 15) is 18.8 Å². The van der Waals surface area contributed by atoms with E-state index in [4.69, 9.17) is 4.74 Å². The topological polar surface area (TPSA) is 87.7 Å². The zero-order valence-corrected chi connectivity index (χ0v) is 16.0. The summed E-state index contributed by atoms with van der Waals surface area (Å²) in [7, 11) is 1.55. The number of carbonyl (C=O) groups excluding carboxylic acids is 3. The Labute approximate surface area is 167 Å². The summed E-state index contributed by atoms with van der Waals surface area (Å²) in [5.41, 5.74) is 0.902. The molecule has 29 heavy (non-hydrogen) atoms. The monoisotopic (exact) mass is 399 g/mol. The largest absolute Gasteiger partial charge is 0.497 e. The Bertz CT molecular complexity index is 880. The van der Waals surface area contributed by atoms with Crippen LogP contribution in [0.4, 0.5) is 10.1 Å². The minimum atomic E-state index is -0.433. The average molecular weight is 399 g/mol. The van der Waals surface area contributed by atoms with Crippen LogP contribution in [-0.2, 0) is 9.59 Å². The minimum Gasteiger partial charge on any atom is -0.497 e. The molecule has 1 fully saturated rings. The Hall–Kier alpha value is -3.42. The van der Waals surface area contributed by atoms with Gasteiger partial charge in [-0.05, 0) is 61.4 Å². The van der Waals surface area contributed by atoms with Crippen LogP contribution in [0.5, 0.6) is 5.75 Å². The maximum absolute atomic E-state index is 13.1. The van der Waals surface area contributed by atoms with E-state index in [0.717, 1.165) is 12.8 Å². The second-order valence-electron chi connectivity index (χ2n) is 6.72. The van der Waals surface area contributed by atoms with E-state index in [1.54, 1.807) is 31.4 Å². The minimum absolute atomic E-state index is 0.00794. The van der Waals surface area contributed by atoms with E-state index >= 15 is 0 Å². The van der Waals surface area contributed by atoms with Crippen molar-refractivity contribution in [2.75, 3.05) is 25.5 Å². The van der Waals surface area contributed by atoms with Crippen LogP contribution in [0, 0.1) is 5.82 Å². The lowest BCUT2D eigenvalue weighted by molar-refractivity contribution is -0.124. The summed E-state index contributed by atoms with van der Waals surface area (Å²) in [6.07, 6.45) is 1.64. The molecule has 1 saturated carbocycles. The van der Waals surface area contributed by atoms with Crippen molar-refractivity contribution in [3.63, 3.8) is 0 Å². The van der Waals surface area contributed by atoms with Gasteiger partial charge in [0, 0.05) is 17.3 Å². The summed E-state index contributed by atoms with van der Waals surface area (Å²) in [6.45, 7) is -0.370. The maximum Gasteiger partial charge on any atom is 0.254 e. The van der Waals surface area contributed by atoms with Crippen LogP contribution in [0.1, 0.15) is 23.2 Å². The van der Waals surface area contributed by atoms with Crippen LogP contribution in [0.2, 0.25) is 0 Å². The number of amides is 3. The molecule has 3 rings (SSSR count). The lowest BCUT2D eigenvalue weighted by Crippen LogP contribution is -2.43. The van der Waals surface area contributed by atoms with Gasteiger partial charge in [0.1, 0.15) is 18.1 Å². The summed E-state index contributed by atoms with van der Waals surface area (Å²) in [6, 6.07) is 12.0. The van der Waals surface area contributed by atoms with Crippen LogP contribution in [-0.4, -0.2) is 48.9 Å². The molecular weight excluding hydrogens is 377 g/mol. The normalized spacial score (nSPS) is 12.8. The lowest BCUT2D eigenvalue weighted by Gasteiger charge is -2.22. The van der Waals surface area contributed by atoms with Gasteiger partial charge < -0.3 is 20.3 Å². The highest BCUT2D eigenvalue weighted by atomic mass is 19.1. The summed E-state index contributed by atoms with van der Waals surface area (Å²) in [5, 5.41) is 5.19. The Balaban J connectivity index is 1.50. The van der Waals surface area contributed by atoms with Crippen LogP contribution in [0.15, 0.2) is 48.5 Å². The first-order chi connectivity index (χ1) is 14.0. The highest BCUT2D eigenvalue weighted by Gasteiger charge is 2.34. The van der Waals surface area contributed by atoms with Crippen LogP contribution >= 0.6 is 0 Å². The van der Waals surface area contributed by atoms with Crippen molar-refractivity contribution < 1.29 is 23.5 Å². The maximum atomic E-state index is 13.1. The highest BCUT2D eigenvalue weighted by molar-refractivity contribution is 5.98. The van der Waals surface area contributed by atoms with Gasteiger partial charge in [0.15, 0.2) is 0 Å². The molecule has 0 heterocycles. The van der Waals surface area contributed by atoms with Crippen LogP contribution in [0.25, 0.3) is 0 Å². The van der Waals surface area contributed by atoms with Gasteiger partial charge in [-0.15, -0.1) is 0 Å². The third kappa shape index (κ3) is 5.78. The standard InChI is InChI=1S/C21H22FN3O4/c1-29-18-10-6-16(7-11-18)24-19(26)12-23-20(27)13-25(17-8-9-17)21(28)14-2-4-15(22)5-3-14/h2-7,10-11,17H,8-9,12-13H2,1H3,(H,23,27)(H,24,26). The molecule has 1 aliphatic rings. The fourth-order valence-corrected chi connectivity index (χ4v) is 2.78. The fourth-order valence-electron chi connectivity index (χ4n) is 2.78. The Kier molecular flexibility index (Phi) is 6.43. The molecule has 0 saturated heterocycles. The van der Waals surface area contributed by atoms with Gasteiger partial charge in [-0.3, -0.25) is 14.4 Å². The number of nitrogens with zero attached hydrogens (tertiary/aromatic N) is 1. The van der Waals surface area contributed by atoms with Crippen molar-refractivity contribution in [2.24, 2.45) is 0 Å². The zero-order chi connectivity index (χ0) is 20.8. The Morgan fingerprint density at radius 3 is 2.28 bits per heavy atom. The number of nitrogens with one attached hydrogen (secondary N) is 2. The summed E-state index contributed by atoms with van der Waals surface area (Å²) >= 11 is 0. The molecule has 8 heteroatoms. The first kappa shape index (κ1) is 20.3. The molecule has 0 atom stereocenters. The molecule has 0 radical (unpaired) electrons. The van der Waals surface area contributed by atoms with E-state index in [0.29, 0.717) is 17.0 Å². The van der Waals surface area contributed by atoms with Crippen molar-refractivity contribution in [2.45, 2.75) is 18.9 Å². The van der Waals surface area contributed by atoms with Crippen LogP contribution < -0.4 is 15.4 Å². The molecule has 2 N–H and O–H groups in total. The molecule has 0 bridgehead atoms. The van der Waals surface area contributed by atoms with Gasteiger partial charge in [0.05, 0.1) is 13.7 Å². The number of rotatable bonds is 8. The Morgan fingerprint density at radius 1 is 1.03 bits per heavy atom. The number of carbonyl (C=O) groups is 3. The number of halogens is 1. The molecule has 0 aliphatic heterocycles. The summed E-state index contributed by atoms with van der Waals surface area (Å²) in [4.78, 5) is 38.4.